The molecule has 6 heteroatoms. The van der Waals surface area contributed by atoms with Gasteiger partial charge in [-0.1, -0.05) is 44.8 Å². The summed E-state index contributed by atoms with van der Waals surface area (Å²) in [6.07, 6.45) is 0. The van der Waals surface area contributed by atoms with Gasteiger partial charge in [0.05, 0.1) is 0 Å². The maximum absolute atomic E-state index is 11.6. The van der Waals surface area contributed by atoms with Crippen LogP contribution in [0.5, 0.6) is 5.75 Å². The van der Waals surface area contributed by atoms with Crippen LogP contribution in [-0.2, 0) is 9.63 Å². The number of ether oxygens (including phenoxy) is 1. The summed E-state index contributed by atoms with van der Waals surface area (Å²) in [5.41, 5.74) is 7.50. The fourth-order valence-corrected chi connectivity index (χ4v) is 1.92. The van der Waals surface area contributed by atoms with E-state index in [1.165, 1.54) is 0 Å². The highest BCUT2D eigenvalue weighted by Crippen LogP contribution is 2.15. The lowest BCUT2D eigenvalue weighted by molar-refractivity contribution is -0.146. The Kier molecular flexibility index (Phi) is 5.55. The van der Waals surface area contributed by atoms with Crippen molar-refractivity contribution in [3.8, 4) is 5.75 Å². The van der Waals surface area contributed by atoms with E-state index in [2.05, 4.69) is 21.1 Å². The molecule has 22 heavy (non-hydrogen) atoms. The van der Waals surface area contributed by atoms with Gasteiger partial charge in [0, 0.05) is 10.0 Å². The van der Waals surface area contributed by atoms with Crippen molar-refractivity contribution in [2.75, 3.05) is 6.61 Å². The summed E-state index contributed by atoms with van der Waals surface area (Å²) in [6.45, 7) is 1.70. The summed E-state index contributed by atoms with van der Waals surface area (Å²) < 4.78 is 6.20. The number of carbonyl (C=O) groups is 1. The first-order chi connectivity index (χ1) is 10.5. The molecule has 0 heterocycles. The first-order valence-corrected chi connectivity index (χ1v) is 7.32. The van der Waals surface area contributed by atoms with Crippen LogP contribution in [0.1, 0.15) is 11.1 Å². The first-order valence-electron chi connectivity index (χ1n) is 6.53. The highest BCUT2D eigenvalue weighted by molar-refractivity contribution is 9.10. The molecule has 0 atom stereocenters. The molecule has 2 aromatic rings. The smallest absolute Gasteiger partial charge is 0.372 e. The Morgan fingerprint density at radius 1 is 1.23 bits per heavy atom. The minimum atomic E-state index is -0.626. The molecular weight excluding hydrogens is 348 g/mol. The predicted molar refractivity (Wildman–Crippen MR) is 87.6 cm³/mol. The van der Waals surface area contributed by atoms with Crippen molar-refractivity contribution in [2.45, 2.75) is 6.92 Å². The summed E-state index contributed by atoms with van der Waals surface area (Å²) in [7, 11) is 0. The maximum Gasteiger partial charge on any atom is 0.372 e. The standard InChI is InChI=1S/C16H15BrN2O3/c1-11-3-2-4-12(9-11)16(18)19-22-15(20)10-21-14-7-5-13(17)6-8-14/h2-9H,10H2,1H3,(H2,18,19). The van der Waals surface area contributed by atoms with Gasteiger partial charge in [0.1, 0.15) is 5.75 Å². The second-order valence-corrected chi connectivity index (χ2v) is 5.47. The van der Waals surface area contributed by atoms with Crippen molar-refractivity contribution < 1.29 is 14.4 Å². The predicted octanol–water partition coefficient (Wildman–Crippen LogP) is 3.00. The van der Waals surface area contributed by atoms with Crippen molar-refractivity contribution in [1.29, 1.82) is 0 Å². The number of aryl methyl sites for hydroxylation is 1. The molecule has 0 spiro atoms. The van der Waals surface area contributed by atoms with Gasteiger partial charge >= 0.3 is 5.97 Å². The quantitative estimate of drug-likeness (QED) is 0.384. The van der Waals surface area contributed by atoms with E-state index < -0.39 is 5.97 Å². The number of hydrogen-bond donors (Lipinski definition) is 1. The highest BCUT2D eigenvalue weighted by Gasteiger charge is 2.06. The van der Waals surface area contributed by atoms with E-state index in [4.69, 9.17) is 15.3 Å². The molecule has 0 bridgehead atoms. The number of amidine groups is 1. The Labute approximate surface area is 136 Å². The topological polar surface area (TPSA) is 73.9 Å². The Bertz CT molecular complexity index is 684. The number of nitrogens with zero attached hydrogens (tertiary/aromatic N) is 1. The molecule has 0 amide bonds. The van der Waals surface area contributed by atoms with Crippen LogP contribution < -0.4 is 10.5 Å². The maximum atomic E-state index is 11.6. The SMILES string of the molecule is Cc1cccc(C(N)=NOC(=O)COc2ccc(Br)cc2)c1. The molecule has 0 unspecified atom stereocenters. The number of hydrogen-bond acceptors (Lipinski definition) is 4. The van der Waals surface area contributed by atoms with Gasteiger partial charge in [-0.3, -0.25) is 0 Å². The third-order valence-electron chi connectivity index (χ3n) is 2.73. The van der Waals surface area contributed by atoms with Gasteiger partial charge in [-0.2, -0.15) is 0 Å². The number of halogens is 1. The van der Waals surface area contributed by atoms with Crippen LogP contribution in [0.4, 0.5) is 0 Å². The van der Waals surface area contributed by atoms with Gasteiger partial charge < -0.3 is 15.3 Å². The average molecular weight is 363 g/mol. The molecule has 0 saturated carbocycles. The van der Waals surface area contributed by atoms with Gasteiger partial charge in [0.25, 0.3) is 0 Å². The normalized spacial score (nSPS) is 11.1. The molecule has 0 aromatic heterocycles. The van der Waals surface area contributed by atoms with Crippen LogP contribution >= 0.6 is 15.9 Å². The van der Waals surface area contributed by atoms with Crippen LogP contribution in [0, 0.1) is 6.92 Å². The Morgan fingerprint density at radius 3 is 2.64 bits per heavy atom. The molecule has 0 radical (unpaired) electrons. The van der Waals surface area contributed by atoms with Crippen molar-refractivity contribution in [3.05, 3.63) is 64.1 Å². The molecule has 0 aliphatic carbocycles. The fraction of sp³-hybridized carbons (Fsp3) is 0.125. The number of carbonyl (C=O) groups excluding carboxylic acids is 1. The lowest BCUT2D eigenvalue weighted by Crippen LogP contribution is -2.18. The first kappa shape index (κ1) is 16.0. The summed E-state index contributed by atoms with van der Waals surface area (Å²) in [5, 5.41) is 3.62. The summed E-state index contributed by atoms with van der Waals surface area (Å²) in [5.74, 6) is 0.0787. The zero-order valence-electron chi connectivity index (χ0n) is 12.0. The third-order valence-corrected chi connectivity index (χ3v) is 3.26. The molecule has 114 valence electrons. The van der Waals surface area contributed by atoms with Gasteiger partial charge in [-0.15, -0.1) is 0 Å². The van der Waals surface area contributed by atoms with Gasteiger partial charge in [-0.05, 0) is 37.3 Å². The molecule has 2 aromatic carbocycles. The number of benzene rings is 2. The second-order valence-electron chi connectivity index (χ2n) is 4.55. The number of rotatable bonds is 5. The highest BCUT2D eigenvalue weighted by atomic mass is 79.9. The summed E-state index contributed by atoms with van der Waals surface area (Å²) in [6, 6.07) is 14.5. The minimum absolute atomic E-state index is 0.140. The van der Waals surface area contributed by atoms with Crippen molar-refractivity contribution in [2.24, 2.45) is 10.9 Å². The Balaban J connectivity index is 1.86. The largest absolute Gasteiger partial charge is 0.482 e. The summed E-state index contributed by atoms with van der Waals surface area (Å²) >= 11 is 3.31. The number of nitrogens with two attached hydrogens (primary N) is 1. The number of oxime groups is 1. The van der Waals surface area contributed by atoms with Gasteiger partial charge in [0.15, 0.2) is 12.4 Å². The minimum Gasteiger partial charge on any atom is -0.482 e. The lowest BCUT2D eigenvalue weighted by atomic mass is 10.1. The molecular formula is C16H15BrN2O3. The van der Waals surface area contributed by atoms with Crippen LogP contribution in [0.15, 0.2) is 58.2 Å². The van der Waals surface area contributed by atoms with Crippen LogP contribution in [0.25, 0.3) is 0 Å². The van der Waals surface area contributed by atoms with E-state index in [1.54, 1.807) is 18.2 Å². The fourth-order valence-electron chi connectivity index (χ4n) is 1.66. The molecule has 2 rings (SSSR count). The van der Waals surface area contributed by atoms with Crippen LogP contribution in [-0.4, -0.2) is 18.4 Å². The van der Waals surface area contributed by atoms with E-state index in [0.717, 1.165) is 10.0 Å². The van der Waals surface area contributed by atoms with E-state index in [-0.39, 0.29) is 12.4 Å². The van der Waals surface area contributed by atoms with Crippen molar-refractivity contribution in [3.63, 3.8) is 0 Å². The molecule has 0 aliphatic heterocycles. The molecule has 5 nitrogen and oxygen atoms in total. The van der Waals surface area contributed by atoms with E-state index in [9.17, 15) is 4.79 Å². The van der Waals surface area contributed by atoms with Crippen molar-refractivity contribution >= 4 is 27.7 Å². The van der Waals surface area contributed by atoms with Gasteiger partial charge in [-0.25, -0.2) is 4.79 Å². The van der Waals surface area contributed by atoms with Crippen molar-refractivity contribution in [1.82, 2.24) is 0 Å². The summed E-state index contributed by atoms with van der Waals surface area (Å²) in [4.78, 5) is 16.3. The third kappa shape index (κ3) is 4.89. The Hall–Kier alpha value is -2.34. The Morgan fingerprint density at radius 2 is 1.95 bits per heavy atom. The molecule has 0 fully saturated rings. The van der Waals surface area contributed by atoms with Crippen LogP contribution in [0.3, 0.4) is 0 Å². The lowest BCUT2D eigenvalue weighted by Gasteiger charge is -2.05. The molecule has 0 saturated heterocycles. The average Bonchev–Trinajstić information content (AvgIpc) is 2.52. The van der Waals surface area contributed by atoms with Crippen LogP contribution in [0.2, 0.25) is 0 Å². The molecule has 2 N–H and O–H groups in total. The zero-order chi connectivity index (χ0) is 15.9. The monoisotopic (exact) mass is 362 g/mol. The van der Waals surface area contributed by atoms with E-state index >= 15 is 0 Å². The van der Waals surface area contributed by atoms with E-state index in [1.807, 2.05) is 37.3 Å². The zero-order valence-corrected chi connectivity index (χ0v) is 13.5. The van der Waals surface area contributed by atoms with E-state index in [0.29, 0.717) is 11.3 Å². The van der Waals surface area contributed by atoms with Gasteiger partial charge in [0.2, 0.25) is 0 Å². The molecule has 0 aliphatic rings. The second kappa shape index (κ2) is 7.61.